The molecule has 0 amide bonds. The molecular weight excluding hydrogens is 243 g/mol. The van der Waals surface area contributed by atoms with Crippen LogP contribution in [-0.2, 0) is 0 Å². The smallest absolute Gasteiger partial charge is 0.258 e. The number of nitrogens with zero attached hydrogens (tertiary/aromatic N) is 2. The first kappa shape index (κ1) is 11.6. The molecular formula is C15H11FN2O. The van der Waals surface area contributed by atoms with Crippen LogP contribution < -0.4 is 0 Å². The van der Waals surface area contributed by atoms with Crippen LogP contribution in [-0.4, -0.2) is 10.1 Å². The molecule has 1 aromatic heterocycles. The SMILES string of the molecule is Cc1cccc(-c2noc(-c3cccc(F)c3)n2)c1. The molecule has 4 heteroatoms. The van der Waals surface area contributed by atoms with Gasteiger partial charge in [-0.2, -0.15) is 4.98 Å². The van der Waals surface area contributed by atoms with Crippen molar-refractivity contribution < 1.29 is 8.91 Å². The second-order valence-electron chi connectivity index (χ2n) is 4.30. The molecule has 0 aliphatic heterocycles. The molecule has 0 saturated heterocycles. The molecule has 1 heterocycles. The molecule has 3 aromatic rings. The highest BCUT2D eigenvalue weighted by molar-refractivity contribution is 5.60. The molecule has 3 nitrogen and oxygen atoms in total. The maximum absolute atomic E-state index is 13.1. The predicted octanol–water partition coefficient (Wildman–Crippen LogP) is 3.85. The number of hydrogen-bond donors (Lipinski definition) is 0. The molecule has 0 spiro atoms. The van der Waals surface area contributed by atoms with Crippen molar-refractivity contribution in [3.05, 3.63) is 59.9 Å². The average molecular weight is 254 g/mol. The van der Waals surface area contributed by atoms with Gasteiger partial charge in [0.1, 0.15) is 5.82 Å². The molecule has 0 aliphatic rings. The number of rotatable bonds is 2. The standard InChI is InChI=1S/C15H11FN2O/c1-10-4-2-5-11(8-10)14-17-15(19-18-14)12-6-3-7-13(16)9-12/h2-9H,1H3. The molecule has 0 fully saturated rings. The summed E-state index contributed by atoms with van der Waals surface area (Å²) in [6.45, 7) is 2.00. The third-order valence-corrected chi connectivity index (χ3v) is 2.77. The lowest BCUT2D eigenvalue weighted by Gasteiger charge is -1.95. The van der Waals surface area contributed by atoms with Gasteiger partial charge in [0, 0.05) is 11.1 Å². The number of aromatic nitrogens is 2. The number of halogens is 1. The highest BCUT2D eigenvalue weighted by Gasteiger charge is 2.10. The highest BCUT2D eigenvalue weighted by Crippen LogP contribution is 2.23. The summed E-state index contributed by atoms with van der Waals surface area (Å²) in [6, 6.07) is 13.9. The molecule has 19 heavy (non-hydrogen) atoms. The Balaban J connectivity index is 2.00. The summed E-state index contributed by atoms with van der Waals surface area (Å²) in [5.41, 5.74) is 2.58. The van der Waals surface area contributed by atoms with Crippen LogP contribution in [0.5, 0.6) is 0 Å². The normalized spacial score (nSPS) is 10.6. The highest BCUT2D eigenvalue weighted by atomic mass is 19.1. The molecule has 0 N–H and O–H groups in total. The molecule has 3 rings (SSSR count). The van der Waals surface area contributed by atoms with Crippen LogP contribution in [0.1, 0.15) is 5.56 Å². The van der Waals surface area contributed by atoms with Gasteiger partial charge < -0.3 is 4.52 Å². The predicted molar refractivity (Wildman–Crippen MR) is 69.9 cm³/mol. The Labute approximate surface area is 109 Å². The lowest BCUT2D eigenvalue weighted by Crippen LogP contribution is -1.83. The molecule has 0 aliphatic carbocycles. The number of aryl methyl sites for hydroxylation is 1. The lowest BCUT2D eigenvalue weighted by molar-refractivity contribution is 0.432. The Hall–Kier alpha value is -2.49. The van der Waals surface area contributed by atoms with Crippen molar-refractivity contribution in [2.24, 2.45) is 0 Å². The van der Waals surface area contributed by atoms with Crippen LogP contribution >= 0.6 is 0 Å². The Kier molecular flexibility index (Phi) is 2.83. The summed E-state index contributed by atoms with van der Waals surface area (Å²) in [6.07, 6.45) is 0. The third kappa shape index (κ3) is 2.38. The van der Waals surface area contributed by atoms with Crippen molar-refractivity contribution in [1.29, 1.82) is 0 Å². The monoisotopic (exact) mass is 254 g/mol. The van der Waals surface area contributed by atoms with Gasteiger partial charge in [-0.05, 0) is 31.2 Å². The van der Waals surface area contributed by atoms with Gasteiger partial charge in [0.25, 0.3) is 5.89 Å². The van der Waals surface area contributed by atoms with E-state index in [1.807, 2.05) is 31.2 Å². The van der Waals surface area contributed by atoms with E-state index in [1.165, 1.54) is 12.1 Å². The second kappa shape index (κ2) is 4.65. The first-order valence-electron chi connectivity index (χ1n) is 5.89. The van der Waals surface area contributed by atoms with E-state index in [2.05, 4.69) is 10.1 Å². The van der Waals surface area contributed by atoms with Crippen LogP contribution in [0.3, 0.4) is 0 Å². The summed E-state index contributed by atoms with van der Waals surface area (Å²) < 4.78 is 18.3. The van der Waals surface area contributed by atoms with Crippen molar-refractivity contribution >= 4 is 0 Å². The minimum absolute atomic E-state index is 0.316. The number of hydrogen-bond acceptors (Lipinski definition) is 3. The molecule has 2 aromatic carbocycles. The first-order valence-corrected chi connectivity index (χ1v) is 5.89. The van der Waals surface area contributed by atoms with Crippen molar-refractivity contribution in [1.82, 2.24) is 10.1 Å². The van der Waals surface area contributed by atoms with E-state index in [-0.39, 0.29) is 5.82 Å². The lowest BCUT2D eigenvalue weighted by atomic mass is 10.1. The molecule has 0 radical (unpaired) electrons. The van der Waals surface area contributed by atoms with Gasteiger partial charge in [-0.25, -0.2) is 4.39 Å². The van der Waals surface area contributed by atoms with E-state index in [4.69, 9.17) is 4.52 Å². The van der Waals surface area contributed by atoms with E-state index in [1.54, 1.807) is 12.1 Å². The third-order valence-electron chi connectivity index (χ3n) is 2.77. The molecule has 0 unspecified atom stereocenters. The Bertz CT molecular complexity index is 661. The maximum Gasteiger partial charge on any atom is 0.258 e. The van der Waals surface area contributed by atoms with Gasteiger partial charge >= 0.3 is 0 Å². The molecule has 0 atom stereocenters. The first-order chi connectivity index (χ1) is 9.22. The largest absolute Gasteiger partial charge is 0.334 e. The molecule has 0 saturated carbocycles. The summed E-state index contributed by atoms with van der Waals surface area (Å²) in [5.74, 6) is 0.492. The van der Waals surface area contributed by atoms with E-state index in [9.17, 15) is 4.39 Å². The summed E-state index contributed by atoms with van der Waals surface area (Å²) in [5, 5.41) is 3.93. The van der Waals surface area contributed by atoms with Gasteiger partial charge in [-0.15, -0.1) is 0 Å². The van der Waals surface area contributed by atoms with Crippen LogP contribution in [0.25, 0.3) is 22.8 Å². The maximum atomic E-state index is 13.1. The Morgan fingerprint density at radius 2 is 1.79 bits per heavy atom. The fourth-order valence-electron chi connectivity index (χ4n) is 1.86. The van der Waals surface area contributed by atoms with Gasteiger partial charge in [-0.1, -0.05) is 35.0 Å². The molecule has 0 bridgehead atoms. The summed E-state index contributed by atoms with van der Waals surface area (Å²) in [4.78, 5) is 4.29. The summed E-state index contributed by atoms with van der Waals surface area (Å²) in [7, 11) is 0. The zero-order valence-corrected chi connectivity index (χ0v) is 10.3. The second-order valence-corrected chi connectivity index (χ2v) is 4.30. The zero-order valence-electron chi connectivity index (χ0n) is 10.3. The quantitative estimate of drug-likeness (QED) is 0.697. The van der Waals surface area contributed by atoms with Crippen molar-refractivity contribution in [3.8, 4) is 22.8 Å². The van der Waals surface area contributed by atoms with Crippen LogP contribution in [0.4, 0.5) is 4.39 Å². The Morgan fingerprint density at radius 3 is 2.58 bits per heavy atom. The fourth-order valence-corrected chi connectivity index (χ4v) is 1.86. The average Bonchev–Trinajstić information content (AvgIpc) is 2.88. The van der Waals surface area contributed by atoms with Crippen molar-refractivity contribution in [2.45, 2.75) is 6.92 Å². The van der Waals surface area contributed by atoms with Crippen LogP contribution in [0.15, 0.2) is 53.1 Å². The Morgan fingerprint density at radius 1 is 1.00 bits per heavy atom. The van der Waals surface area contributed by atoms with Crippen molar-refractivity contribution in [3.63, 3.8) is 0 Å². The minimum Gasteiger partial charge on any atom is -0.334 e. The van der Waals surface area contributed by atoms with Gasteiger partial charge in [0.2, 0.25) is 5.82 Å². The van der Waals surface area contributed by atoms with E-state index in [0.717, 1.165) is 11.1 Å². The van der Waals surface area contributed by atoms with Gasteiger partial charge in [0.15, 0.2) is 0 Å². The van der Waals surface area contributed by atoms with Crippen LogP contribution in [0.2, 0.25) is 0 Å². The number of benzene rings is 2. The van der Waals surface area contributed by atoms with E-state index >= 15 is 0 Å². The topological polar surface area (TPSA) is 38.9 Å². The zero-order chi connectivity index (χ0) is 13.2. The van der Waals surface area contributed by atoms with Gasteiger partial charge in [0.05, 0.1) is 0 Å². The van der Waals surface area contributed by atoms with E-state index in [0.29, 0.717) is 17.3 Å². The molecule has 94 valence electrons. The van der Waals surface area contributed by atoms with Crippen molar-refractivity contribution in [2.75, 3.05) is 0 Å². The fraction of sp³-hybridized carbons (Fsp3) is 0.0667. The van der Waals surface area contributed by atoms with Crippen LogP contribution in [0, 0.1) is 12.7 Å². The van der Waals surface area contributed by atoms with Gasteiger partial charge in [-0.3, -0.25) is 0 Å². The minimum atomic E-state index is -0.326. The summed E-state index contributed by atoms with van der Waals surface area (Å²) >= 11 is 0. The van der Waals surface area contributed by atoms with E-state index < -0.39 is 0 Å².